The summed E-state index contributed by atoms with van der Waals surface area (Å²) < 4.78 is 37.9. The van der Waals surface area contributed by atoms with Crippen LogP contribution < -0.4 is 9.47 Å². The molecule has 3 rings (SSSR count). The molecule has 0 radical (unpaired) electrons. The third-order valence-electron chi connectivity index (χ3n) is 5.02. The van der Waals surface area contributed by atoms with Crippen molar-refractivity contribution in [3.05, 3.63) is 75.5 Å². The van der Waals surface area contributed by atoms with Crippen molar-refractivity contribution in [3.8, 4) is 11.5 Å². The molecule has 0 atom stereocenters. The van der Waals surface area contributed by atoms with Gasteiger partial charge in [0.05, 0.1) is 24.0 Å². The lowest BCUT2D eigenvalue weighted by Gasteiger charge is -2.19. The second-order valence-corrected chi connectivity index (χ2v) is 10.1. The van der Waals surface area contributed by atoms with Gasteiger partial charge in [0.1, 0.15) is 0 Å². The summed E-state index contributed by atoms with van der Waals surface area (Å²) in [6.07, 6.45) is 0.342. The number of sulfonamides is 1. The van der Waals surface area contributed by atoms with Crippen molar-refractivity contribution in [2.45, 2.75) is 18.2 Å². The van der Waals surface area contributed by atoms with Gasteiger partial charge in [0.25, 0.3) is 0 Å². The fraction of sp³-hybridized carbons (Fsp3) is 0.261. The summed E-state index contributed by atoms with van der Waals surface area (Å²) in [5, 5.41) is 1.84. The summed E-state index contributed by atoms with van der Waals surface area (Å²) in [5.74, 6) is 0.811. The molecule has 0 saturated heterocycles. The van der Waals surface area contributed by atoms with E-state index in [-0.39, 0.29) is 17.2 Å². The number of nitrogens with zero attached hydrogens (tertiary/aromatic N) is 1. The van der Waals surface area contributed by atoms with Gasteiger partial charge in [-0.15, -0.1) is 11.3 Å². The number of thiophene rings is 1. The van der Waals surface area contributed by atoms with Gasteiger partial charge in [0, 0.05) is 19.2 Å². The highest BCUT2D eigenvalue weighted by Crippen LogP contribution is 2.33. The van der Waals surface area contributed by atoms with Gasteiger partial charge in [-0.25, -0.2) is 12.7 Å². The first-order valence-corrected chi connectivity index (χ1v) is 12.0. The molecule has 164 valence electrons. The number of methoxy groups -OCH3 is 2. The molecule has 0 aliphatic carbocycles. The van der Waals surface area contributed by atoms with Gasteiger partial charge in [0.2, 0.25) is 15.8 Å². The van der Waals surface area contributed by atoms with Crippen molar-refractivity contribution in [2.24, 2.45) is 0 Å². The quantitative estimate of drug-likeness (QED) is 0.449. The van der Waals surface area contributed by atoms with Crippen LogP contribution in [0, 0.1) is 6.92 Å². The molecule has 3 aromatic rings. The first-order valence-electron chi connectivity index (χ1n) is 9.64. The SMILES string of the molecule is COc1cc(CCN(C)S(=O)(=O)c2ccc(C)cc2)c(C(=O)c2cccs2)cc1OC. The van der Waals surface area contributed by atoms with Crippen LogP contribution in [0.25, 0.3) is 0 Å². The lowest BCUT2D eigenvalue weighted by Crippen LogP contribution is -2.29. The highest BCUT2D eigenvalue weighted by molar-refractivity contribution is 7.89. The van der Waals surface area contributed by atoms with E-state index < -0.39 is 10.0 Å². The molecule has 8 heteroatoms. The molecular weight excluding hydrogens is 434 g/mol. The number of carbonyl (C=O) groups is 1. The van der Waals surface area contributed by atoms with Gasteiger partial charge in [-0.2, -0.15) is 0 Å². The molecule has 0 aliphatic rings. The minimum atomic E-state index is -3.64. The Labute approximate surface area is 187 Å². The van der Waals surface area contributed by atoms with Crippen molar-refractivity contribution in [3.63, 3.8) is 0 Å². The molecule has 0 saturated carbocycles. The zero-order valence-corrected chi connectivity index (χ0v) is 19.5. The van der Waals surface area contributed by atoms with Crippen LogP contribution in [-0.4, -0.2) is 46.3 Å². The molecule has 2 aromatic carbocycles. The minimum Gasteiger partial charge on any atom is -0.493 e. The summed E-state index contributed by atoms with van der Waals surface area (Å²) in [5.41, 5.74) is 2.16. The molecule has 1 heterocycles. The van der Waals surface area contributed by atoms with E-state index in [1.54, 1.807) is 42.5 Å². The number of benzene rings is 2. The molecule has 0 aliphatic heterocycles. The van der Waals surface area contributed by atoms with E-state index in [9.17, 15) is 13.2 Å². The highest BCUT2D eigenvalue weighted by Gasteiger charge is 2.23. The van der Waals surface area contributed by atoms with Crippen LogP contribution >= 0.6 is 11.3 Å². The van der Waals surface area contributed by atoms with Crippen LogP contribution in [-0.2, 0) is 16.4 Å². The van der Waals surface area contributed by atoms with Crippen LogP contribution in [0.1, 0.15) is 26.4 Å². The maximum absolute atomic E-state index is 13.1. The number of ketones is 1. The molecular formula is C23H25NO5S2. The van der Waals surface area contributed by atoms with Gasteiger partial charge in [-0.1, -0.05) is 23.8 Å². The number of aryl methyl sites for hydroxylation is 1. The first kappa shape index (κ1) is 23.0. The van der Waals surface area contributed by atoms with E-state index in [1.807, 2.05) is 18.4 Å². The van der Waals surface area contributed by atoms with Crippen molar-refractivity contribution in [1.29, 1.82) is 0 Å². The smallest absolute Gasteiger partial charge is 0.242 e. The van der Waals surface area contributed by atoms with Gasteiger partial charge < -0.3 is 9.47 Å². The number of ether oxygens (including phenoxy) is 2. The Morgan fingerprint density at radius 1 is 1.03 bits per heavy atom. The molecule has 0 amide bonds. The lowest BCUT2D eigenvalue weighted by atomic mass is 9.99. The fourth-order valence-corrected chi connectivity index (χ4v) is 5.02. The maximum Gasteiger partial charge on any atom is 0.242 e. The van der Waals surface area contributed by atoms with Crippen molar-refractivity contribution >= 4 is 27.1 Å². The van der Waals surface area contributed by atoms with Crippen LogP contribution in [0.15, 0.2) is 58.8 Å². The number of carbonyl (C=O) groups excluding carboxylic acids is 1. The minimum absolute atomic E-state index is 0.130. The Bertz CT molecular complexity index is 1150. The van der Waals surface area contributed by atoms with Gasteiger partial charge in [-0.05, 0) is 54.6 Å². The molecule has 0 spiro atoms. The molecule has 0 N–H and O–H groups in total. The molecule has 31 heavy (non-hydrogen) atoms. The molecule has 6 nitrogen and oxygen atoms in total. The van der Waals surface area contributed by atoms with Crippen LogP contribution in [0.3, 0.4) is 0 Å². The Morgan fingerprint density at radius 3 is 2.26 bits per heavy atom. The van der Waals surface area contributed by atoms with Crippen LogP contribution in [0.5, 0.6) is 11.5 Å². The Hall–Kier alpha value is -2.68. The van der Waals surface area contributed by atoms with Gasteiger partial charge in [0.15, 0.2) is 11.5 Å². The third-order valence-corrected chi connectivity index (χ3v) is 7.76. The van der Waals surface area contributed by atoms with Crippen LogP contribution in [0.4, 0.5) is 0 Å². The largest absolute Gasteiger partial charge is 0.493 e. The fourth-order valence-electron chi connectivity index (χ4n) is 3.17. The zero-order valence-electron chi connectivity index (χ0n) is 17.9. The van der Waals surface area contributed by atoms with Gasteiger partial charge >= 0.3 is 0 Å². The summed E-state index contributed by atoms with van der Waals surface area (Å²) in [6, 6.07) is 13.7. The third kappa shape index (κ3) is 4.98. The predicted octanol–water partition coefficient (Wildman–Crippen LogP) is 4.17. The molecule has 0 fully saturated rings. The zero-order chi connectivity index (χ0) is 22.6. The number of hydrogen-bond acceptors (Lipinski definition) is 6. The van der Waals surface area contributed by atoms with E-state index in [4.69, 9.17) is 9.47 Å². The second-order valence-electron chi connectivity index (χ2n) is 7.06. The Balaban J connectivity index is 1.90. The molecule has 0 bridgehead atoms. The maximum atomic E-state index is 13.1. The first-order chi connectivity index (χ1) is 14.8. The van der Waals surface area contributed by atoms with Crippen LogP contribution in [0.2, 0.25) is 0 Å². The lowest BCUT2D eigenvalue weighted by molar-refractivity contribution is 0.104. The monoisotopic (exact) mass is 459 g/mol. The summed E-state index contributed by atoms with van der Waals surface area (Å²) in [4.78, 5) is 13.9. The van der Waals surface area contributed by atoms with E-state index in [2.05, 4.69) is 0 Å². The number of hydrogen-bond donors (Lipinski definition) is 0. The van der Waals surface area contributed by atoms with E-state index in [0.717, 1.165) is 5.56 Å². The number of likely N-dealkylation sites (N-methyl/N-ethyl adjacent to an activating group) is 1. The second kappa shape index (κ2) is 9.64. The van der Waals surface area contributed by atoms with Gasteiger partial charge in [-0.3, -0.25) is 4.79 Å². The van der Waals surface area contributed by atoms with E-state index >= 15 is 0 Å². The summed E-state index contributed by atoms with van der Waals surface area (Å²) in [6.45, 7) is 2.11. The summed E-state index contributed by atoms with van der Waals surface area (Å²) in [7, 11) is 0.939. The topological polar surface area (TPSA) is 72.9 Å². The Kier molecular flexibility index (Phi) is 7.15. The van der Waals surface area contributed by atoms with E-state index in [1.165, 1.54) is 36.9 Å². The highest BCUT2D eigenvalue weighted by atomic mass is 32.2. The van der Waals surface area contributed by atoms with Crippen molar-refractivity contribution in [1.82, 2.24) is 4.31 Å². The van der Waals surface area contributed by atoms with Crippen molar-refractivity contribution in [2.75, 3.05) is 27.8 Å². The standard InChI is InChI=1S/C23H25NO5S2/c1-16-7-9-18(10-8-16)31(26,27)24(2)12-11-17-14-20(28-3)21(29-4)15-19(17)23(25)22-6-5-13-30-22/h5-10,13-15H,11-12H2,1-4H3. The normalized spacial score (nSPS) is 11.5. The average molecular weight is 460 g/mol. The van der Waals surface area contributed by atoms with E-state index in [0.29, 0.717) is 33.9 Å². The average Bonchev–Trinajstić information content (AvgIpc) is 3.31. The predicted molar refractivity (Wildman–Crippen MR) is 122 cm³/mol. The molecule has 0 unspecified atom stereocenters. The molecule has 1 aromatic heterocycles. The summed E-state index contributed by atoms with van der Waals surface area (Å²) >= 11 is 1.36. The number of rotatable bonds is 9. The Morgan fingerprint density at radius 2 is 1.68 bits per heavy atom. The van der Waals surface area contributed by atoms with Crippen molar-refractivity contribution < 1.29 is 22.7 Å².